The molecule has 3 aromatic rings. The van der Waals surface area contributed by atoms with Crippen molar-refractivity contribution in [2.24, 2.45) is 5.73 Å². The molecule has 2 heterocycles. The number of pyridine rings is 1. The summed E-state index contributed by atoms with van der Waals surface area (Å²) < 4.78 is 12.2. The van der Waals surface area contributed by atoms with Crippen LogP contribution in [-0.4, -0.2) is 22.6 Å². The maximum absolute atomic E-state index is 13.7. The lowest BCUT2D eigenvalue weighted by Crippen LogP contribution is -2.35. The first-order valence-electron chi connectivity index (χ1n) is 10.6. The van der Waals surface area contributed by atoms with Gasteiger partial charge in [0, 0.05) is 30.4 Å². The number of aromatic nitrogens is 1. The molecule has 0 fully saturated rings. The maximum Gasteiger partial charge on any atom is 0.340 e. The van der Waals surface area contributed by atoms with Gasteiger partial charge in [0.15, 0.2) is 0 Å². The number of esters is 1. The van der Waals surface area contributed by atoms with E-state index in [4.69, 9.17) is 15.2 Å². The number of hydrogen-bond donors (Lipinski definition) is 1. The molecule has 9 nitrogen and oxygen atoms in total. The number of nitrogens with two attached hydrogens (primary N) is 1. The lowest BCUT2D eigenvalue weighted by molar-refractivity contribution is -0.384. The van der Waals surface area contributed by atoms with Gasteiger partial charge in [-0.05, 0) is 24.5 Å². The molecular weight excluding hydrogens is 438 g/mol. The molecule has 0 saturated carbocycles. The molecule has 174 valence electrons. The van der Waals surface area contributed by atoms with Crippen molar-refractivity contribution in [3.63, 3.8) is 0 Å². The van der Waals surface area contributed by atoms with Crippen LogP contribution in [0.1, 0.15) is 28.3 Å². The summed E-state index contributed by atoms with van der Waals surface area (Å²) in [5.74, 6) is -1.59. The van der Waals surface area contributed by atoms with E-state index in [-0.39, 0.29) is 34.0 Å². The first-order chi connectivity index (χ1) is 16.3. The smallest absolute Gasteiger partial charge is 0.340 e. The minimum atomic E-state index is -0.909. The molecule has 4 rings (SSSR count). The van der Waals surface area contributed by atoms with Crippen molar-refractivity contribution in [2.45, 2.75) is 25.8 Å². The quantitative estimate of drug-likeness (QED) is 0.339. The summed E-state index contributed by atoms with van der Waals surface area (Å²) in [5, 5.41) is 11.1. The van der Waals surface area contributed by atoms with Crippen LogP contribution in [-0.2, 0) is 22.5 Å². The Morgan fingerprint density at radius 3 is 2.47 bits per heavy atom. The van der Waals surface area contributed by atoms with Gasteiger partial charge in [-0.1, -0.05) is 42.5 Å². The zero-order valence-electron chi connectivity index (χ0n) is 18.7. The predicted molar refractivity (Wildman–Crippen MR) is 124 cm³/mol. The van der Waals surface area contributed by atoms with Crippen LogP contribution < -0.4 is 16.0 Å². The van der Waals surface area contributed by atoms with E-state index in [0.717, 1.165) is 5.56 Å². The Morgan fingerprint density at radius 1 is 1.18 bits per heavy atom. The van der Waals surface area contributed by atoms with Crippen LogP contribution in [0.3, 0.4) is 0 Å². The van der Waals surface area contributed by atoms with Crippen molar-refractivity contribution in [3.05, 3.63) is 115 Å². The Morgan fingerprint density at radius 2 is 1.85 bits per heavy atom. The Balaban J connectivity index is 1.86. The lowest BCUT2D eigenvalue weighted by Gasteiger charge is -2.29. The Kier molecular flexibility index (Phi) is 6.18. The Bertz CT molecular complexity index is 1340. The minimum absolute atomic E-state index is 0.0283. The second-order valence-electron chi connectivity index (χ2n) is 7.91. The van der Waals surface area contributed by atoms with Crippen molar-refractivity contribution in [1.82, 2.24) is 4.57 Å². The van der Waals surface area contributed by atoms with E-state index in [1.165, 1.54) is 31.4 Å². The summed E-state index contributed by atoms with van der Waals surface area (Å²) in [5.41, 5.74) is 8.08. The predicted octanol–water partition coefficient (Wildman–Crippen LogP) is 3.18. The molecule has 0 amide bonds. The molecule has 0 saturated heterocycles. The van der Waals surface area contributed by atoms with Crippen LogP contribution in [0.15, 0.2) is 76.9 Å². The highest BCUT2D eigenvalue weighted by Crippen LogP contribution is 2.41. The fourth-order valence-corrected chi connectivity index (χ4v) is 4.18. The van der Waals surface area contributed by atoms with Gasteiger partial charge < -0.3 is 19.8 Å². The third kappa shape index (κ3) is 4.15. The number of benzene rings is 2. The van der Waals surface area contributed by atoms with Crippen LogP contribution in [0, 0.1) is 17.0 Å². The third-order valence-electron chi connectivity index (χ3n) is 5.88. The van der Waals surface area contributed by atoms with Crippen LogP contribution >= 0.6 is 0 Å². The van der Waals surface area contributed by atoms with E-state index >= 15 is 0 Å². The highest BCUT2D eigenvalue weighted by molar-refractivity contribution is 5.92. The van der Waals surface area contributed by atoms with Crippen LogP contribution in [0.4, 0.5) is 5.69 Å². The molecule has 34 heavy (non-hydrogen) atoms. The number of ether oxygens (including phenoxy) is 2. The van der Waals surface area contributed by atoms with Crippen LogP contribution in [0.25, 0.3) is 0 Å². The van der Waals surface area contributed by atoms with Gasteiger partial charge in [-0.2, -0.15) is 0 Å². The van der Waals surface area contributed by atoms with E-state index in [2.05, 4.69) is 0 Å². The van der Waals surface area contributed by atoms with Gasteiger partial charge in [0.1, 0.15) is 11.3 Å². The van der Waals surface area contributed by atoms with Gasteiger partial charge in [-0.3, -0.25) is 14.9 Å². The number of nitro benzene ring substituents is 1. The monoisotopic (exact) mass is 461 g/mol. The summed E-state index contributed by atoms with van der Waals surface area (Å²) in [7, 11) is 1.21. The fraction of sp³-hybridized carbons (Fsp3) is 0.200. The second-order valence-corrected chi connectivity index (χ2v) is 7.91. The van der Waals surface area contributed by atoms with Gasteiger partial charge in [0.25, 0.3) is 11.2 Å². The Hall–Kier alpha value is -4.40. The number of aryl methyl sites for hydroxylation is 2. The normalized spacial score (nSPS) is 14.8. The van der Waals surface area contributed by atoms with Gasteiger partial charge in [-0.25, -0.2) is 4.79 Å². The van der Waals surface area contributed by atoms with Gasteiger partial charge >= 0.3 is 5.97 Å². The van der Waals surface area contributed by atoms with Crippen molar-refractivity contribution in [3.8, 4) is 5.75 Å². The molecule has 0 bridgehead atoms. The molecule has 2 N–H and O–H groups in total. The van der Waals surface area contributed by atoms with E-state index in [0.29, 0.717) is 24.2 Å². The number of non-ortho nitro benzene ring substituents is 1. The van der Waals surface area contributed by atoms with Crippen molar-refractivity contribution in [2.75, 3.05) is 7.11 Å². The van der Waals surface area contributed by atoms with Gasteiger partial charge in [0.2, 0.25) is 5.88 Å². The molecule has 2 aromatic carbocycles. The SMILES string of the molecule is COC(=O)C1=C(N)Oc2cc(C)n(CCc3ccccc3)c(=O)c2[C@@H]1c1ccc([N+](=O)[O-])cc1. The van der Waals surface area contributed by atoms with E-state index in [1.807, 2.05) is 30.3 Å². The van der Waals surface area contributed by atoms with Crippen molar-refractivity contribution in [1.29, 1.82) is 0 Å². The molecule has 0 unspecified atom stereocenters. The molecule has 0 aliphatic carbocycles. The van der Waals surface area contributed by atoms with Crippen molar-refractivity contribution >= 4 is 11.7 Å². The third-order valence-corrected chi connectivity index (χ3v) is 5.88. The summed E-state index contributed by atoms with van der Waals surface area (Å²) in [6.45, 7) is 2.22. The van der Waals surface area contributed by atoms with Gasteiger partial charge in [0.05, 0.1) is 23.5 Å². The number of methoxy groups -OCH3 is 1. The van der Waals surface area contributed by atoms with Gasteiger partial charge in [-0.15, -0.1) is 0 Å². The lowest BCUT2D eigenvalue weighted by atomic mass is 9.83. The van der Waals surface area contributed by atoms with E-state index in [1.54, 1.807) is 17.6 Å². The average Bonchev–Trinajstić information content (AvgIpc) is 2.83. The first kappa shape index (κ1) is 22.8. The first-order valence-corrected chi connectivity index (χ1v) is 10.6. The number of nitro groups is 1. The highest BCUT2D eigenvalue weighted by Gasteiger charge is 2.38. The molecule has 1 aliphatic heterocycles. The number of hydrogen-bond acceptors (Lipinski definition) is 7. The molecule has 9 heteroatoms. The van der Waals surface area contributed by atoms with Crippen molar-refractivity contribution < 1.29 is 19.2 Å². The standard InChI is InChI=1S/C25H23N3O6/c1-15-14-19-21(24(29)27(15)13-12-16-6-4-3-5-7-16)20(22(23(26)34-19)25(30)33-2)17-8-10-18(11-9-17)28(31)32/h3-11,14,20H,12-13,26H2,1-2H3/t20-/m0/s1. The topological polar surface area (TPSA) is 127 Å². The summed E-state index contributed by atoms with van der Waals surface area (Å²) in [4.78, 5) is 37.0. The summed E-state index contributed by atoms with van der Waals surface area (Å²) in [6.07, 6.45) is 0.630. The maximum atomic E-state index is 13.7. The largest absolute Gasteiger partial charge is 0.465 e. The average molecular weight is 461 g/mol. The van der Waals surface area contributed by atoms with Crippen LogP contribution in [0.5, 0.6) is 5.75 Å². The molecule has 1 aromatic heterocycles. The zero-order valence-corrected chi connectivity index (χ0v) is 18.7. The molecule has 0 radical (unpaired) electrons. The number of nitrogens with zero attached hydrogens (tertiary/aromatic N) is 2. The fourth-order valence-electron chi connectivity index (χ4n) is 4.18. The summed E-state index contributed by atoms with van der Waals surface area (Å²) >= 11 is 0. The van der Waals surface area contributed by atoms with Crippen LogP contribution in [0.2, 0.25) is 0 Å². The number of carbonyl (C=O) groups is 1. The Labute approximate surface area is 195 Å². The summed E-state index contributed by atoms with van der Waals surface area (Å²) in [6, 6.07) is 17.1. The molecular formula is C25H23N3O6. The zero-order chi connectivity index (χ0) is 24.4. The molecule has 0 spiro atoms. The number of rotatable bonds is 6. The van der Waals surface area contributed by atoms with E-state index in [9.17, 15) is 19.7 Å². The number of fused-ring (bicyclic) bond motifs is 1. The number of carbonyl (C=O) groups excluding carboxylic acids is 1. The molecule has 1 aliphatic rings. The highest BCUT2D eigenvalue weighted by atomic mass is 16.6. The van der Waals surface area contributed by atoms with E-state index < -0.39 is 16.8 Å². The molecule has 1 atom stereocenters. The second kappa shape index (κ2) is 9.22. The minimum Gasteiger partial charge on any atom is -0.465 e.